The van der Waals surface area contributed by atoms with Gasteiger partial charge in [0.25, 0.3) is 5.69 Å². The van der Waals surface area contributed by atoms with Crippen molar-refractivity contribution in [2.75, 3.05) is 5.84 Å². The van der Waals surface area contributed by atoms with Crippen molar-refractivity contribution in [1.29, 1.82) is 0 Å². The van der Waals surface area contributed by atoms with Crippen LogP contribution >= 0.6 is 11.8 Å². The van der Waals surface area contributed by atoms with Crippen LogP contribution in [0.4, 0.5) is 10.1 Å². The fraction of sp³-hybridized carbons (Fsp3) is 0.125. The summed E-state index contributed by atoms with van der Waals surface area (Å²) in [5.41, 5.74) is 1.32. The monoisotopic (exact) mass is 359 g/mol. The van der Waals surface area contributed by atoms with E-state index in [1.54, 1.807) is 24.3 Å². The third-order valence-corrected chi connectivity index (χ3v) is 4.69. The van der Waals surface area contributed by atoms with E-state index in [2.05, 4.69) is 10.2 Å². The number of benzene rings is 2. The number of aromatic nitrogens is 3. The highest BCUT2D eigenvalue weighted by Crippen LogP contribution is 2.35. The van der Waals surface area contributed by atoms with Crippen LogP contribution in [0.1, 0.15) is 17.7 Å². The van der Waals surface area contributed by atoms with Crippen LogP contribution in [0.25, 0.3) is 11.4 Å². The van der Waals surface area contributed by atoms with Crippen molar-refractivity contribution >= 4 is 17.4 Å². The van der Waals surface area contributed by atoms with Crippen LogP contribution in [0.15, 0.2) is 53.7 Å². The Kier molecular flexibility index (Phi) is 4.66. The van der Waals surface area contributed by atoms with Crippen LogP contribution in [0.3, 0.4) is 0 Å². The number of nitro benzene ring substituents is 1. The molecule has 3 rings (SSSR count). The largest absolute Gasteiger partial charge is 0.335 e. The molecule has 1 atom stereocenters. The number of nitro groups is 1. The van der Waals surface area contributed by atoms with E-state index >= 15 is 0 Å². The van der Waals surface area contributed by atoms with Crippen LogP contribution in [0, 0.1) is 15.9 Å². The summed E-state index contributed by atoms with van der Waals surface area (Å²) < 4.78 is 14.7. The van der Waals surface area contributed by atoms with Crippen molar-refractivity contribution in [2.24, 2.45) is 0 Å². The van der Waals surface area contributed by atoms with Gasteiger partial charge in [-0.2, -0.15) is 0 Å². The average molecular weight is 359 g/mol. The third kappa shape index (κ3) is 3.61. The maximum atomic E-state index is 13.4. The summed E-state index contributed by atoms with van der Waals surface area (Å²) >= 11 is 1.31. The summed E-state index contributed by atoms with van der Waals surface area (Å²) in [7, 11) is 0. The lowest BCUT2D eigenvalue weighted by Crippen LogP contribution is -2.12. The summed E-state index contributed by atoms with van der Waals surface area (Å²) in [6.45, 7) is 1.89. The molecule has 1 aromatic heterocycles. The summed E-state index contributed by atoms with van der Waals surface area (Å²) in [5, 5.41) is 19.2. The Morgan fingerprint density at radius 1 is 1.24 bits per heavy atom. The normalized spacial score (nSPS) is 12.1. The maximum Gasteiger partial charge on any atom is 0.269 e. The molecule has 7 nitrogen and oxygen atoms in total. The van der Waals surface area contributed by atoms with Gasteiger partial charge in [-0.3, -0.25) is 10.1 Å². The summed E-state index contributed by atoms with van der Waals surface area (Å²) in [4.78, 5) is 10.5. The number of nitrogens with two attached hydrogens (primary N) is 1. The molecular formula is C16H14FN5O2S. The molecule has 3 aromatic rings. The first-order valence-corrected chi connectivity index (χ1v) is 8.21. The molecule has 1 heterocycles. The molecule has 0 saturated carbocycles. The Morgan fingerprint density at radius 2 is 2.00 bits per heavy atom. The van der Waals surface area contributed by atoms with Gasteiger partial charge in [-0.15, -0.1) is 10.2 Å². The molecule has 0 fully saturated rings. The third-order valence-electron chi connectivity index (χ3n) is 3.58. The predicted octanol–water partition coefficient (Wildman–Crippen LogP) is 3.56. The maximum absolute atomic E-state index is 13.4. The first-order chi connectivity index (χ1) is 12.0. The van der Waals surface area contributed by atoms with Crippen molar-refractivity contribution in [3.63, 3.8) is 0 Å². The van der Waals surface area contributed by atoms with E-state index in [4.69, 9.17) is 5.84 Å². The predicted molar refractivity (Wildman–Crippen MR) is 92.9 cm³/mol. The van der Waals surface area contributed by atoms with Crippen molar-refractivity contribution in [2.45, 2.75) is 17.3 Å². The Morgan fingerprint density at radius 3 is 2.72 bits per heavy atom. The molecule has 0 bridgehead atoms. The fourth-order valence-corrected chi connectivity index (χ4v) is 3.19. The minimum atomic E-state index is -0.436. The molecule has 0 radical (unpaired) electrons. The van der Waals surface area contributed by atoms with Crippen molar-refractivity contribution in [3.8, 4) is 11.4 Å². The molecule has 0 spiro atoms. The van der Waals surface area contributed by atoms with Gasteiger partial charge in [-0.25, -0.2) is 9.07 Å². The van der Waals surface area contributed by atoms with Crippen LogP contribution < -0.4 is 5.84 Å². The highest BCUT2D eigenvalue weighted by atomic mass is 32.2. The number of thioether (sulfide) groups is 1. The highest BCUT2D eigenvalue weighted by Gasteiger charge is 2.18. The lowest BCUT2D eigenvalue weighted by molar-refractivity contribution is -0.384. The zero-order valence-electron chi connectivity index (χ0n) is 13.2. The minimum absolute atomic E-state index is 0.0274. The summed E-state index contributed by atoms with van der Waals surface area (Å²) in [6.07, 6.45) is 0. The van der Waals surface area contributed by atoms with Crippen molar-refractivity contribution < 1.29 is 9.31 Å². The lowest BCUT2D eigenvalue weighted by atomic mass is 10.1. The van der Waals surface area contributed by atoms with Crippen molar-refractivity contribution in [1.82, 2.24) is 14.9 Å². The van der Waals surface area contributed by atoms with E-state index in [0.717, 1.165) is 5.56 Å². The number of hydrogen-bond donors (Lipinski definition) is 1. The molecular weight excluding hydrogens is 345 g/mol. The number of rotatable bonds is 5. The van der Waals surface area contributed by atoms with Crippen LogP contribution in [-0.4, -0.2) is 19.8 Å². The summed E-state index contributed by atoms with van der Waals surface area (Å²) in [5.74, 6) is 5.98. The molecule has 0 aliphatic heterocycles. The highest BCUT2D eigenvalue weighted by molar-refractivity contribution is 7.99. The molecule has 2 N–H and O–H groups in total. The van der Waals surface area contributed by atoms with Gasteiger partial charge in [0.1, 0.15) is 5.82 Å². The van der Waals surface area contributed by atoms with E-state index in [1.165, 1.54) is 40.7 Å². The molecule has 2 aromatic carbocycles. The molecule has 0 aliphatic rings. The fourth-order valence-electron chi connectivity index (χ4n) is 2.30. The topological polar surface area (TPSA) is 99.9 Å². The number of nitrogens with zero attached hydrogens (tertiary/aromatic N) is 4. The van der Waals surface area contributed by atoms with Gasteiger partial charge in [0.2, 0.25) is 5.16 Å². The Labute approximate surface area is 146 Å². The van der Waals surface area contributed by atoms with Gasteiger partial charge < -0.3 is 5.84 Å². The van der Waals surface area contributed by atoms with Gasteiger partial charge in [-0.1, -0.05) is 36.0 Å². The average Bonchev–Trinajstić information content (AvgIpc) is 2.95. The molecule has 25 heavy (non-hydrogen) atoms. The van der Waals surface area contributed by atoms with Gasteiger partial charge in [0.15, 0.2) is 5.82 Å². The van der Waals surface area contributed by atoms with Gasteiger partial charge >= 0.3 is 0 Å². The van der Waals surface area contributed by atoms with Crippen LogP contribution in [0.5, 0.6) is 0 Å². The van der Waals surface area contributed by atoms with Gasteiger partial charge in [-0.05, 0) is 24.6 Å². The number of hydrogen-bond acceptors (Lipinski definition) is 6. The smallest absolute Gasteiger partial charge is 0.269 e. The second kappa shape index (κ2) is 6.89. The Balaban J connectivity index is 1.84. The summed E-state index contributed by atoms with van der Waals surface area (Å²) in [6, 6.07) is 12.3. The lowest BCUT2D eigenvalue weighted by Gasteiger charge is -2.11. The molecule has 0 unspecified atom stereocenters. The van der Waals surface area contributed by atoms with E-state index < -0.39 is 4.92 Å². The van der Waals surface area contributed by atoms with E-state index in [-0.39, 0.29) is 16.8 Å². The minimum Gasteiger partial charge on any atom is -0.335 e. The van der Waals surface area contributed by atoms with Gasteiger partial charge in [0, 0.05) is 22.9 Å². The second-order valence-corrected chi connectivity index (χ2v) is 6.61. The quantitative estimate of drug-likeness (QED) is 0.324. The molecule has 128 valence electrons. The first kappa shape index (κ1) is 16.9. The molecule has 9 heteroatoms. The van der Waals surface area contributed by atoms with E-state index in [9.17, 15) is 14.5 Å². The second-order valence-electron chi connectivity index (χ2n) is 5.30. The molecule has 0 aliphatic carbocycles. The zero-order valence-corrected chi connectivity index (χ0v) is 14.0. The molecule has 0 amide bonds. The number of halogens is 1. The standard InChI is InChI=1S/C16H14FN5O2S/c1-10(11-4-3-7-14(9-11)22(23)24)25-16-20-19-15(21(16)18)12-5-2-6-13(17)8-12/h2-10H,18H2,1H3/t10-/m1/s1. The Bertz CT molecular complexity index is 930. The van der Waals surface area contributed by atoms with E-state index in [0.29, 0.717) is 16.5 Å². The Hall–Kier alpha value is -2.94. The van der Waals surface area contributed by atoms with Crippen LogP contribution in [-0.2, 0) is 0 Å². The molecule has 0 saturated heterocycles. The van der Waals surface area contributed by atoms with E-state index in [1.807, 2.05) is 6.92 Å². The number of nitrogen functional groups attached to an aromatic ring is 1. The van der Waals surface area contributed by atoms with Crippen LogP contribution in [0.2, 0.25) is 0 Å². The zero-order chi connectivity index (χ0) is 18.0. The SMILES string of the molecule is C[C@@H](Sc1nnc(-c2cccc(F)c2)n1N)c1cccc([N+](=O)[O-])c1. The van der Waals surface area contributed by atoms with Gasteiger partial charge in [0.05, 0.1) is 4.92 Å². The van der Waals surface area contributed by atoms with Crippen molar-refractivity contribution in [3.05, 3.63) is 70.0 Å². The number of non-ortho nitro benzene ring substituents is 1. The first-order valence-electron chi connectivity index (χ1n) is 7.33.